The van der Waals surface area contributed by atoms with Gasteiger partial charge in [-0.3, -0.25) is 4.90 Å². The number of pyridine rings is 1. The summed E-state index contributed by atoms with van der Waals surface area (Å²) in [5, 5.41) is 0.731. The highest BCUT2D eigenvalue weighted by Crippen LogP contribution is 2.22. The molecule has 2 heterocycles. The first-order valence-electron chi connectivity index (χ1n) is 11.3. The highest BCUT2D eigenvalue weighted by molar-refractivity contribution is 6.30. The summed E-state index contributed by atoms with van der Waals surface area (Å²) < 4.78 is 5.92. The second-order valence-electron chi connectivity index (χ2n) is 8.54. The van der Waals surface area contributed by atoms with Crippen molar-refractivity contribution in [1.29, 1.82) is 0 Å². The number of nitrogens with zero attached hydrogens (tertiary/aromatic N) is 2. The Hall–Kier alpha value is -2.80. The lowest BCUT2D eigenvalue weighted by molar-refractivity contribution is 0.160. The van der Waals surface area contributed by atoms with Gasteiger partial charge in [-0.05, 0) is 98.3 Å². The first-order chi connectivity index (χ1) is 15.6. The van der Waals surface area contributed by atoms with E-state index < -0.39 is 0 Å². The molecule has 0 amide bonds. The molecule has 0 atom stereocenters. The van der Waals surface area contributed by atoms with Crippen LogP contribution in [0.4, 0.5) is 0 Å². The lowest BCUT2D eigenvalue weighted by atomic mass is 9.99. The van der Waals surface area contributed by atoms with Crippen LogP contribution in [-0.4, -0.2) is 36.1 Å². The van der Waals surface area contributed by atoms with Crippen molar-refractivity contribution in [3.05, 3.63) is 82.6 Å². The smallest absolute Gasteiger partial charge is 0.119 e. The van der Waals surface area contributed by atoms with Crippen LogP contribution in [-0.2, 0) is 0 Å². The number of benzene rings is 2. The maximum Gasteiger partial charge on any atom is 0.119 e. The number of aryl methyl sites for hydroxylation is 1. The Morgan fingerprint density at radius 2 is 1.72 bits per heavy atom. The zero-order valence-electron chi connectivity index (χ0n) is 18.8. The molecule has 1 aliphatic rings. The quantitative estimate of drug-likeness (QED) is 0.437. The van der Waals surface area contributed by atoms with Crippen molar-refractivity contribution in [2.75, 3.05) is 26.2 Å². The van der Waals surface area contributed by atoms with Gasteiger partial charge in [0.05, 0.1) is 0 Å². The van der Waals surface area contributed by atoms with Crippen LogP contribution >= 0.6 is 11.6 Å². The molecule has 4 heteroatoms. The minimum atomic E-state index is 0.725. The third-order valence-electron chi connectivity index (χ3n) is 5.99. The average Bonchev–Trinajstić information content (AvgIpc) is 2.81. The minimum Gasteiger partial charge on any atom is -0.492 e. The summed E-state index contributed by atoms with van der Waals surface area (Å²) in [5.74, 6) is 8.16. The van der Waals surface area contributed by atoms with Crippen LogP contribution in [0.1, 0.15) is 36.6 Å². The lowest BCUT2D eigenvalue weighted by Gasteiger charge is -2.29. The molecular formula is C28H29ClN2O. The predicted octanol–water partition coefficient (Wildman–Crippen LogP) is 6.22. The van der Waals surface area contributed by atoms with Gasteiger partial charge in [-0.15, -0.1) is 0 Å². The number of hydrogen-bond donors (Lipinski definition) is 0. The van der Waals surface area contributed by atoms with E-state index in [1.165, 1.54) is 25.9 Å². The molecule has 1 fully saturated rings. The molecule has 32 heavy (non-hydrogen) atoms. The van der Waals surface area contributed by atoms with Gasteiger partial charge >= 0.3 is 0 Å². The monoisotopic (exact) mass is 444 g/mol. The van der Waals surface area contributed by atoms with E-state index in [1.54, 1.807) is 0 Å². The van der Waals surface area contributed by atoms with Gasteiger partial charge in [0.1, 0.15) is 18.1 Å². The molecule has 164 valence electrons. The number of rotatable bonds is 5. The molecule has 0 N–H and O–H groups in total. The van der Waals surface area contributed by atoms with E-state index >= 15 is 0 Å². The molecule has 0 unspecified atom stereocenters. The van der Waals surface area contributed by atoms with Crippen LogP contribution in [0.25, 0.3) is 11.1 Å². The fourth-order valence-corrected chi connectivity index (χ4v) is 3.98. The maximum atomic E-state index is 5.98. The molecule has 0 spiro atoms. The normalized spacial score (nSPS) is 14.6. The van der Waals surface area contributed by atoms with Crippen molar-refractivity contribution in [1.82, 2.24) is 9.88 Å². The average molecular weight is 445 g/mol. The maximum absolute atomic E-state index is 5.98. The van der Waals surface area contributed by atoms with Crippen LogP contribution in [0.15, 0.2) is 60.8 Å². The van der Waals surface area contributed by atoms with Gasteiger partial charge in [0.2, 0.25) is 0 Å². The van der Waals surface area contributed by atoms with E-state index in [0.29, 0.717) is 0 Å². The van der Waals surface area contributed by atoms with Crippen LogP contribution in [0.5, 0.6) is 5.75 Å². The van der Waals surface area contributed by atoms with E-state index in [9.17, 15) is 0 Å². The minimum absolute atomic E-state index is 0.725. The number of ether oxygens (including phenoxy) is 1. The molecule has 1 aromatic heterocycles. The van der Waals surface area contributed by atoms with Crippen LogP contribution < -0.4 is 4.74 Å². The Balaban J connectivity index is 1.33. The van der Waals surface area contributed by atoms with Crippen LogP contribution in [0.2, 0.25) is 5.02 Å². The summed E-state index contributed by atoms with van der Waals surface area (Å²) in [6, 6.07) is 17.9. The largest absolute Gasteiger partial charge is 0.492 e. The molecule has 0 radical (unpaired) electrons. The predicted molar refractivity (Wildman–Crippen MR) is 132 cm³/mol. The Bertz CT molecular complexity index is 1090. The summed E-state index contributed by atoms with van der Waals surface area (Å²) in [6.45, 7) is 8.47. The summed E-state index contributed by atoms with van der Waals surface area (Å²) in [5.41, 5.74) is 4.95. The number of halogens is 1. The van der Waals surface area contributed by atoms with Crippen LogP contribution in [0.3, 0.4) is 0 Å². The van der Waals surface area contributed by atoms with Crippen molar-refractivity contribution in [2.24, 2.45) is 5.92 Å². The fraction of sp³-hybridized carbons (Fsp3) is 0.321. The highest BCUT2D eigenvalue weighted by atomic mass is 35.5. The molecule has 1 saturated heterocycles. The molecule has 4 rings (SSSR count). The second-order valence-corrected chi connectivity index (χ2v) is 8.98. The summed E-state index contributed by atoms with van der Waals surface area (Å²) in [4.78, 5) is 7.06. The van der Waals surface area contributed by atoms with Crippen molar-refractivity contribution in [2.45, 2.75) is 26.7 Å². The van der Waals surface area contributed by atoms with Gasteiger partial charge in [-0.25, -0.2) is 4.98 Å². The van der Waals surface area contributed by atoms with Gasteiger partial charge in [0.15, 0.2) is 0 Å². The molecule has 0 saturated carbocycles. The molecule has 0 bridgehead atoms. The van der Waals surface area contributed by atoms with E-state index in [1.807, 2.05) is 61.7 Å². The summed E-state index contributed by atoms with van der Waals surface area (Å²) in [6.07, 6.45) is 4.46. The third kappa shape index (κ3) is 6.13. The highest BCUT2D eigenvalue weighted by Gasteiger charge is 2.15. The van der Waals surface area contributed by atoms with E-state index in [0.717, 1.165) is 57.8 Å². The van der Waals surface area contributed by atoms with Crippen molar-refractivity contribution in [3.8, 4) is 28.7 Å². The van der Waals surface area contributed by atoms with Crippen molar-refractivity contribution >= 4 is 11.6 Å². The zero-order valence-corrected chi connectivity index (χ0v) is 19.5. The Morgan fingerprint density at radius 1 is 1.00 bits per heavy atom. The van der Waals surface area contributed by atoms with E-state index in [2.05, 4.69) is 34.7 Å². The Labute approximate surface area is 196 Å². The molecule has 1 aliphatic heterocycles. The Kier molecular flexibility index (Phi) is 7.47. The second kappa shape index (κ2) is 10.7. The van der Waals surface area contributed by atoms with E-state index in [-0.39, 0.29) is 0 Å². The molecule has 0 aliphatic carbocycles. The van der Waals surface area contributed by atoms with Crippen molar-refractivity contribution in [3.63, 3.8) is 0 Å². The number of hydrogen-bond acceptors (Lipinski definition) is 3. The number of likely N-dealkylation sites (tertiary alicyclic amines) is 1. The van der Waals surface area contributed by atoms with Gasteiger partial charge in [-0.2, -0.15) is 0 Å². The molecule has 3 nitrogen and oxygen atoms in total. The van der Waals surface area contributed by atoms with Gasteiger partial charge in [0, 0.05) is 28.9 Å². The first kappa shape index (κ1) is 22.4. The van der Waals surface area contributed by atoms with Gasteiger partial charge < -0.3 is 4.74 Å². The van der Waals surface area contributed by atoms with Crippen LogP contribution in [0, 0.1) is 24.7 Å². The lowest BCUT2D eigenvalue weighted by Crippen LogP contribution is -2.35. The molecular weight excluding hydrogens is 416 g/mol. The van der Waals surface area contributed by atoms with Gasteiger partial charge in [-0.1, -0.05) is 36.6 Å². The molecule has 3 aromatic rings. The first-order valence-corrected chi connectivity index (χ1v) is 11.6. The fourth-order valence-electron chi connectivity index (χ4n) is 3.85. The van der Waals surface area contributed by atoms with Crippen molar-refractivity contribution < 1.29 is 4.74 Å². The standard InChI is InChI=1S/C28H29ClN2O/c1-21-13-15-31(16-14-21)17-18-32-27-10-3-23(4-11-27)5-12-28-22(2)19-25(20-30-28)24-6-8-26(29)9-7-24/h3-4,6-11,19-21H,13-18H2,1-2H3. The SMILES string of the molecule is Cc1cc(-c2ccc(Cl)cc2)cnc1C#Cc1ccc(OCCN2CCC(C)CC2)cc1. The third-order valence-corrected chi connectivity index (χ3v) is 6.24. The Morgan fingerprint density at radius 3 is 2.41 bits per heavy atom. The summed E-state index contributed by atoms with van der Waals surface area (Å²) in [7, 11) is 0. The van der Waals surface area contributed by atoms with E-state index in [4.69, 9.17) is 16.3 Å². The molecule has 2 aromatic carbocycles. The topological polar surface area (TPSA) is 25.4 Å². The number of piperidine rings is 1. The van der Waals surface area contributed by atoms with Gasteiger partial charge in [0.25, 0.3) is 0 Å². The summed E-state index contributed by atoms with van der Waals surface area (Å²) >= 11 is 5.98. The zero-order chi connectivity index (χ0) is 22.3. The number of aromatic nitrogens is 1.